The van der Waals surface area contributed by atoms with Crippen molar-refractivity contribution in [1.82, 2.24) is 24.6 Å². The molecule has 2 rings (SSSR count). The van der Waals surface area contributed by atoms with E-state index in [2.05, 4.69) is 15.2 Å². The van der Waals surface area contributed by atoms with E-state index in [1.807, 2.05) is 26.2 Å². The Bertz CT molecular complexity index is 527. The van der Waals surface area contributed by atoms with Gasteiger partial charge in [-0.25, -0.2) is 4.98 Å². The van der Waals surface area contributed by atoms with Crippen molar-refractivity contribution in [2.45, 2.75) is 13.5 Å². The molecule has 0 fully saturated rings. The van der Waals surface area contributed by atoms with Gasteiger partial charge in [0.15, 0.2) is 5.82 Å². The van der Waals surface area contributed by atoms with Crippen molar-refractivity contribution in [1.29, 1.82) is 0 Å². The molecule has 0 saturated heterocycles. The highest BCUT2D eigenvalue weighted by atomic mass is 16.2. The number of carbonyl (C=O) groups is 1. The van der Waals surface area contributed by atoms with Gasteiger partial charge in [0.1, 0.15) is 11.5 Å². The van der Waals surface area contributed by atoms with Crippen LogP contribution >= 0.6 is 0 Å². The summed E-state index contributed by atoms with van der Waals surface area (Å²) in [5, 5.41) is 6.76. The number of aromatic nitrogens is 4. The van der Waals surface area contributed by atoms with Crippen molar-refractivity contribution >= 4 is 5.91 Å². The molecule has 6 nitrogen and oxygen atoms in total. The highest BCUT2D eigenvalue weighted by molar-refractivity contribution is 5.92. The number of nitrogens with one attached hydrogen (secondary N) is 1. The summed E-state index contributed by atoms with van der Waals surface area (Å²) >= 11 is 0. The maximum Gasteiger partial charge on any atom is 0.270 e. The molecule has 0 bridgehead atoms. The number of amides is 1. The first-order valence-electron chi connectivity index (χ1n) is 5.32. The lowest BCUT2D eigenvalue weighted by Gasteiger charge is -2.15. The van der Waals surface area contributed by atoms with Crippen molar-refractivity contribution in [3.63, 3.8) is 0 Å². The fraction of sp³-hybridized carbons (Fsp3) is 0.364. The minimum atomic E-state index is -0.0417. The third-order valence-corrected chi connectivity index (χ3v) is 2.53. The Labute approximate surface area is 99.3 Å². The molecule has 2 aromatic heterocycles. The molecule has 0 aliphatic carbocycles. The van der Waals surface area contributed by atoms with Crippen LogP contribution in [0.25, 0.3) is 0 Å². The van der Waals surface area contributed by atoms with Crippen LogP contribution in [0.3, 0.4) is 0 Å². The molecule has 0 saturated carbocycles. The molecule has 90 valence electrons. The molecule has 0 unspecified atom stereocenters. The highest BCUT2D eigenvalue weighted by Gasteiger charge is 2.15. The number of nitrogens with zero attached hydrogens (tertiary/aromatic N) is 4. The first kappa shape index (κ1) is 11.4. The molecule has 6 heteroatoms. The summed E-state index contributed by atoms with van der Waals surface area (Å²) < 4.78 is 1.79. The van der Waals surface area contributed by atoms with Crippen molar-refractivity contribution in [3.8, 4) is 0 Å². The lowest BCUT2D eigenvalue weighted by molar-refractivity contribution is 0.0772. The second-order valence-electron chi connectivity index (χ2n) is 4.00. The summed E-state index contributed by atoms with van der Waals surface area (Å²) in [7, 11) is 3.58. The normalized spacial score (nSPS) is 10.5. The zero-order valence-corrected chi connectivity index (χ0v) is 10.1. The molecule has 0 radical (unpaired) electrons. The first-order chi connectivity index (χ1) is 8.08. The predicted octanol–water partition coefficient (Wildman–Crippen LogP) is 0.724. The van der Waals surface area contributed by atoms with Gasteiger partial charge in [-0.3, -0.25) is 9.89 Å². The Balaban J connectivity index is 2.08. The van der Waals surface area contributed by atoms with Gasteiger partial charge in [0.05, 0.1) is 6.54 Å². The standard InChI is InChI=1S/C11H15N5O/c1-8-12-10(14-13-8)7-16(3)11(17)9-5-4-6-15(9)2/h4-6H,7H2,1-3H3,(H,12,13,14). The zero-order chi connectivity index (χ0) is 12.4. The van der Waals surface area contributed by atoms with Crippen molar-refractivity contribution in [2.24, 2.45) is 7.05 Å². The molecule has 17 heavy (non-hydrogen) atoms. The van der Waals surface area contributed by atoms with E-state index in [0.717, 1.165) is 5.82 Å². The van der Waals surface area contributed by atoms with E-state index >= 15 is 0 Å². The minimum Gasteiger partial charge on any atom is -0.347 e. The Morgan fingerprint density at radius 1 is 1.59 bits per heavy atom. The summed E-state index contributed by atoms with van der Waals surface area (Å²) in [4.78, 5) is 17.8. The van der Waals surface area contributed by atoms with Crippen LogP contribution in [0.1, 0.15) is 22.1 Å². The van der Waals surface area contributed by atoms with Crippen LogP contribution in [0.4, 0.5) is 0 Å². The third kappa shape index (κ3) is 2.35. The number of aromatic amines is 1. The van der Waals surface area contributed by atoms with Gasteiger partial charge in [-0.1, -0.05) is 0 Å². The minimum absolute atomic E-state index is 0.0417. The quantitative estimate of drug-likeness (QED) is 0.849. The monoisotopic (exact) mass is 233 g/mol. The zero-order valence-electron chi connectivity index (χ0n) is 10.1. The van der Waals surface area contributed by atoms with E-state index < -0.39 is 0 Å². The van der Waals surface area contributed by atoms with E-state index in [0.29, 0.717) is 18.1 Å². The van der Waals surface area contributed by atoms with Crippen molar-refractivity contribution < 1.29 is 4.79 Å². The van der Waals surface area contributed by atoms with Crippen LogP contribution in [0, 0.1) is 6.92 Å². The number of H-pyrrole nitrogens is 1. The van der Waals surface area contributed by atoms with E-state index in [9.17, 15) is 4.79 Å². The topological polar surface area (TPSA) is 66.8 Å². The molecular weight excluding hydrogens is 218 g/mol. The van der Waals surface area contributed by atoms with Gasteiger partial charge in [-0.15, -0.1) is 0 Å². The Morgan fingerprint density at radius 2 is 2.35 bits per heavy atom. The molecule has 0 aliphatic rings. The van der Waals surface area contributed by atoms with Gasteiger partial charge in [0, 0.05) is 20.3 Å². The number of rotatable bonds is 3. The molecule has 1 N–H and O–H groups in total. The molecule has 1 amide bonds. The third-order valence-electron chi connectivity index (χ3n) is 2.53. The summed E-state index contributed by atoms with van der Waals surface area (Å²) in [6, 6.07) is 3.64. The molecule has 0 aliphatic heterocycles. The predicted molar refractivity (Wildman–Crippen MR) is 62.3 cm³/mol. The number of aryl methyl sites for hydroxylation is 2. The highest BCUT2D eigenvalue weighted by Crippen LogP contribution is 2.06. The van der Waals surface area contributed by atoms with E-state index in [1.165, 1.54) is 0 Å². The van der Waals surface area contributed by atoms with Crippen LogP contribution in [0.5, 0.6) is 0 Å². The Kier molecular flexibility index (Phi) is 2.95. The second kappa shape index (κ2) is 4.40. The summed E-state index contributed by atoms with van der Waals surface area (Å²) in [6.07, 6.45) is 1.85. The van der Waals surface area contributed by atoms with Gasteiger partial charge >= 0.3 is 0 Å². The number of carbonyl (C=O) groups excluding carboxylic acids is 1. The van der Waals surface area contributed by atoms with Gasteiger partial charge < -0.3 is 9.47 Å². The average Bonchev–Trinajstić information content (AvgIpc) is 2.86. The molecule has 0 atom stereocenters. The molecule has 2 aromatic rings. The largest absolute Gasteiger partial charge is 0.347 e. The summed E-state index contributed by atoms with van der Waals surface area (Å²) in [6.45, 7) is 2.23. The lowest BCUT2D eigenvalue weighted by atomic mass is 10.3. The molecule has 0 aromatic carbocycles. The summed E-state index contributed by atoms with van der Waals surface area (Å²) in [5.74, 6) is 1.33. The van der Waals surface area contributed by atoms with Crippen LogP contribution in [0.15, 0.2) is 18.3 Å². The SMILES string of the molecule is Cc1nc(CN(C)C(=O)c2cccn2C)n[nH]1. The maximum absolute atomic E-state index is 12.1. The van der Waals surface area contributed by atoms with Crippen LogP contribution in [-0.2, 0) is 13.6 Å². The van der Waals surface area contributed by atoms with Crippen LogP contribution < -0.4 is 0 Å². The van der Waals surface area contributed by atoms with Gasteiger partial charge in [0.25, 0.3) is 5.91 Å². The van der Waals surface area contributed by atoms with Gasteiger partial charge in [-0.2, -0.15) is 5.10 Å². The van der Waals surface area contributed by atoms with Gasteiger partial charge in [-0.05, 0) is 19.1 Å². The number of hydrogen-bond donors (Lipinski definition) is 1. The van der Waals surface area contributed by atoms with E-state index in [-0.39, 0.29) is 5.91 Å². The van der Waals surface area contributed by atoms with Crippen molar-refractivity contribution in [2.75, 3.05) is 7.05 Å². The fourth-order valence-electron chi connectivity index (χ4n) is 1.62. The Hall–Kier alpha value is -2.11. The van der Waals surface area contributed by atoms with E-state index in [1.54, 1.807) is 22.6 Å². The maximum atomic E-state index is 12.1. The summed E-state index contributed by atoms with van der Waals surface area (Å²) in [5.41, 5.74) is 0.653. The van der Waals surface area contributed by atoms with Gasteiger partial charge in [0.2, 0.25) is 0 Å². The molecular formula is C11H15N5O. The lowest BCUT2D eigenvalue weighted by Crippen LogP contribution is -2.28. The molecule has 2 heterocycles. The molecule has 0 spiro atoms. The Morgan fingerprint density at radius 3 is 2.88 bits per heavy atom. The van der Waals surface area contributed by atoms with Crippen molar-refractivity contribution in [3.05, 3.63) is 35.7 Å². The van der Waals surface area contributed by atoms with E-state index in [4.69, 9.17) is 0 Å². The first-order valence-corrected chi connectivity index (χ1v) is 5.32. The second-order valence-corrected chi connectivity index (χ2v) is 4.00. The average molecular weight is 233 g/mol. The number of hydrogen-bond acceptors (Lipinski definition) is 3. The fourth-order valence-corrected chi connectivity index (χ4v) is 1.62. The van der Waals surface area contributed by atoms with Crippen LogP contribution in [-0.4, -0.2) is 37.6 Å². The van der Waals surface area contributed by atoms with Crippen LogP contribution in [0.2, 0.25) is 0 Å². The smallest absolute Gasteiger partial charge is 0.270 e.